The number of benzene rings is 1. The molecule has 1 N–H and O–H groups in total. The van der Waals surface area contributed by atoms with Crippen LogP contribution in [0.15, 0.2) is 36.7 Å². The molecule has 1 saturated carbocycles. The molecule has 0 bridgehead atoms. The largest absolute Gasteiger partial charge is 0.486 e. The summed E-state index contributed by atoms with van der Waals surface area (Å²) in [6.45, 7) is -1.76. The Morgan fingerprint density at radius 3 is 2.59 bits per heavy atom. The van der Waals surface area contributed by atoms with Gasteiger partial charge in [0.2, 0.25) is 11.9 Å². The van der Waals surface area contributed by atoms with Gasteiger partial charge in [-0.25, -0.2) is 14.4 Å². The van der Waals surface area contributed by atoms with Crippen LogP contribution in [-0.4, -0.2) is 47.7 Å². The Balaban J connectivity index is 1.23. The van der Waals surface area contributed by atoms with Crippen LogP contribution in [0.25, 0.3) is 0 Å². The minimum Gasteiger partial charge on any atom is -0.486 e. The van der Waals surface area contributed by atoms with Crippen molar-refractivity contribution in [2.45, 2.75) is 31.6 Å². The fourth-order valence-electron chi connectivity index (χ4n) is 3.33. The van der Waals surface area contributed by atoms with Crippen molar-refractivity contribution >= 4 is 11.9 Å². The highest BCUT2D eigenvalue weighted by Crippen LogP contribution is 2.36. The lowest BCUT2D eigenvalue weighted by atomic mass is 9.81. The van der Waals surface area contributed by atoms with Crippen LogP contribution in [0.3, 0.4) is 0 Å². The van der Waals surface area contributed by atoms with E-state index in [2.05, 4.69) is 20.0 Å². The summed E-state index contributed by atoms with van der Waals surface area (Å²) in [5.41, 5.74) is 0. The van der Waals surface area contributed by atoms with Gasteiger partial charge in [-0.1, -0.05) is 0 Å². The Hall–Kier alpha value is -3.04. The molecule has 0 spiro atoms. The number of hydrogen-bond donors (Lipinski definition) is 1. The number of rotatable bonds is 7. The summed E-state index contributed by atoms with van der Waals surface area (Å²) in [4.78, 5) is 22.6. The first-order valence-electron chi connectivity index (χ1n) is 9.21. The van der Waals surface area contributed by atoms with E-state index in [-0.39, 0.29) is 35.5 Å². The maximum Gasteiger partial charge on any atom is 0.387 e. The summed E-state index contributed by atoms with van der Waals surface area (Å²) in [5.74, 6) is -0.611. The lowest BCUT2D eigenvalue weighted by Gasteiger charge is -2.41. The lowest BCUT2D eigenvalue weighted by molar-refractivity contribution is -0.131. The van der Waals surface area contributed by atoms with E-state index in [9.17, 15) is 18.0 Å². The third kappa shape index (κ3) is 4.52. The van der Waals surface area contributed by atoms with Gasteiger partial charge in [0, 0.05) is 37.5 Å². The molecule has 1 amide bonds. The Morgan fingerprint density at radius 1 is 1.17 bits per heavy atom. The molecule has 2 aromatic rings. The first kappa shape index (κ1) is 19.3. The normalized spacial score (nSPS) is 21.3. The minimum absolute atomic E-state index is 0.0283. The summed E-state index contributed by atoms with van der Waals surface area (Å²) in [5, 5.41) is 2.97. The van der Waals surface area contributed by atoms with Crippen molar-refractivity contribution < 1.29 is 27.4 Å². The van der Waals surface area contributed by atoms with Crippen LogP contribution in [0, 0.1) is 11.7 Å². The Kier molecular flexibility index (Phi) is 5.41. The van der Waals surface area contributed by atoms with Gasteiger partial charge >= 0.3 is 6.61 Å². The van der Waals surface area contributed by atoms with Gasteiger partial charge in [-0.05, 0) is 31.0 Å². The molecule has 1 aromatic heterocycles. The molecule has 2 heterocycles. The van der Waals surface area contributed by atoms with Crippen LogP contribution in [0.2, 0.25) is 0 Å². The van der Waals surface area contributed by atoms with Crippen LogP contribution >= 0.6 is 0 Å². The van der Waals surface area contributed by atoms with Crippen LogP contribution in [0.5, 0.6) is 11.5 Å². The van der Waals surface area contributed by atoms with E-state index < -0.39 is 12.4 Å². The van der Waals surface area contributed by atoms with Crippen LogP contribution in [-0.2, 0) is 4.79 Å². The van der Waals surface area contributed by atoms with E-state index in [4.69, 9.17) is 4.74 Å². The lowest BCUT2D eigenvalue weighted by Crippen LogP contribution is -2.61. The first-order chi connectivity index (χ1) is 14.0. The average Bonchev–Trinajstić information content (AvgIpc) is 2.62. The highest BCUT2D eigenvalue weighted by atomic mass is 19.3. The van der Waals surface area contributed by atoms with E-state index in [0.717, 1.165) is 18.2 Å². The number of nitrogens with one attached hydrogen (secondary N) is 1. The SMILES string of the molecule is O=C(NC1CN(c2ncccn2)C1)[C@H]1C[C@H](Oc2cc(F)ccc2OC(F)F)C1. The molecule has 4 rings (SSSR count). The number of amides is 1. The van der Waals surface area contributed by atoms with Gasteiger partial charge < -0.3 is 19.7 Å². The molecule has 1 aliphatic carbocycles. The second-order valence-corrected chi connectivity index (χ2v) is 7.04. The van der Waals surface area contributed by atoms with Crippen molar-refractivity contribution in [3.63, 3.8) is 0 Å². The molecule has 0 radical (unpaired) electrons. The van der Waals surface area contributed by atoms with Crippen molar-refractivity contribution in [3.8, 4) is 11.5 Å². The van der Waals surface area contributed by atoms with E-state index in [1.807, 2.05) is 4.90 Å². The number of anilines is 1. The second-order valence-electron chi connectivity index (χ2n) is 7.04. The maximum atomic E-state index is 13.4. The highest BCUT2D eigenvalue weighted by molar-refractivity contribution is 5.80. The molecule has 1 saturated heterocycles. The van der Waals surface area contributed by atoms with E-state index >= 15 is 0 Å². The quantitative estimate of drug-likeness (QED) is 0.758. The third-order valence-electron chi connectivity index (χ3n) is 4.94. The van der Waals surface area contributed by atoms with Crippen molar-refractivity contribution in [3.05, 3.63) is 42.5 Å². The standard InChI is InChI=1S/C19H19F3N4O3/c20-12-2-3-15(29-18(21)22)16(8-12)28-14-6-11(7-14)17(27)25-13-9-26(10-13)19-23-4-1-5-24-19/h1-5,8,11,13-14,18H,6-7,9-10H2,(H,25,27)/t11-,14-. The summed E-state index contributed by atoms with van der Waals surface area (Å²) >= 11 is 0. The summed E-state index contributed by atoms with van der Waals surface area (Å²) in [6, 6.07) is 4.88. The van der Waals surface area contributed by atoms with Gasteiger partial charge in [-0.3, -0.25) is 4.79 Å². The topological polar surface area (TPSA) is 76.6 Å². The average molecular weight is 408 g/mol. The molecular formula is C19H19F3N4O3. The highest BCUT2D eigenvalue weighted by Gasteiger charge is 2.39. The molecule has 2 aliphatic rings. The number of alkyl halides is 2. The Morgan fingerprint density at radius 2 is 1.90 bits per heavy atom. The number of nitrogens with zero attached hydrogens (tertiary/aromatic N) is 3. The molecule has 1 aromatic carbocycles. The molecule has 7 nitrogen and oxygen atoms in total. The predicted molar refractivity (Wildman–Crippen MR) is 96.3 cm³/mol. The Bertz CT molecular complexity index is 859. The number of ether oxygens (including phenoxy) is 2. The van der Waals surface area contributed by atoms with E-state index in [0.29, 0.717) is 31.9 Å². The zero-order valence-corrected chi connectivity index (χ0v) is 15.3. The third-order valence-corrected chi connectivity index (χ3v) is 4.94. The molecule has 0 unspecified atom stereocenters. The molecule has 2 fully saturated rings. The van der Waals surface area contributed by atoms with Gasteiger partial charge in [0.05, 0.1) is 6.04 Å². The van der Waals surface area contributed by atoms with Gasteiger partial charge in [0.1, 0.15) is 11.9 Å². The fraction of sp³-hybridized carbons (Fsp3) is 0.421. The summed E-state index contributed by atoms with van der Waals surface area (Å²) in [7, 11) is 0. The molecule has 1 aliphatic heterocycles. The van der Waals surface area contributed by atoms with Crippen molar-refractivity contribution in [1.82, 2.24) is 15.3 Å². The zero-order chi connectivity index (χ0) is 20.4. The zero-order valence-electron chi connectivity index (χ0n) is 15.3. The molecule has 154 valence electrons. The van der Waals surface area contributed by atoms with Gasteiger partial charge in [-0.15, -0.1) is 0 Å². The number of aromatic nitrogens is 2. The Labute approximate surface area is 164 Å². The predicted octanol–water partition coefficient (Wildman–Crippen LogP) is 2.38. The number of halogens is 3. The van der Waals surface area contributed by atoms with Gasteiger partial charge in [-0.2, -0.15) is 8.78 Å². The molecule has 29 heavy (non-hydrogen) atoms. The smallest absolute Gasteiger partial charge is 0.387 e. The monoisotopic (exact) mass is 408 g/mol. The van der Waals surface area contributed by atoms with E-state index in [1.165, 1.54) is 0 Å². The van der Waals surface area contributed by atoms with Gasteiger partial charge in [0.15, 0.2) is 11.5 Å². The number of carbonyl (C=O) groups excluding carboxylic acids is 1. The van der Waals surface area contributed by atoms with Crippen LogP contribution in [0.4, 0.5) is 19.1 Å². The second kappa shape index (κ2) is 8.14. The van der Waals surface area contributed by atoms with Gasteiger partial charge in [0.25, 0.3) is 0 Å². The van der Waals surface area contributed by atoms with Crippen LogP contribution in [0.1, 0.15) is 12.8 Å². The first-order valence-corrected chi connectivity index (χ1v) is 9.21. The molecule has 0 atom stereocenters. The molecular weight excluding hydrogens is 389 g/mol. The fourth-order valence-corrected chi connectivity index (χ4v) is 3.33. The summed E-state index contributed by atoms with van der Waals surface area (Å²) < 4.78 is 48.2. The van der Waals surface area contributed by atoms with Crippen molar-refractivity contribution in [1.29, 1.82) is 0 Å². The number of hydrogen-bond acceptors (Lipinski definition) is 6. The molecule has 10 heteroatoms. The minimum atomic E-state index is -3.04. The van der Waals surface area contributed by atoms with Crippen molar-refractivity contribution in [2.75, 3.05) is 18.0 Å². The van der Waals surface area contributed by atoms with Crippen LogP contribution < -0.4 is 19.7 Å². The maximum absolute atomic E-state index is 13.4. The van der Waals surface area contributed by atoms with Crippen molar-refractivity contribution in [2.24, 2.45) is 5.92 Å². The van der Waals surface area contributed by atoms with E-state index in [1.54, 1.807) is 18.5 Å². The summed E-state index contributed by atoms with van der Waals surface area (Å²) in [6.07, 6.45) is 3.82. The number of carbonyl (C=O) groups is 1.